The third-order valence-electron chi connectivity index (χ3n) is 3.74. The molecular weight excluding hydrogens is 259 g/mol. The van der Waals surface area contributed by atoms with Crippen molar-refractivity contribution >= 4 is 11.1 Å². The van der Waals surface area contributed by atoms with E-state index in [1.54, 1.807) is 6.07 Å². The molecule has 108 valence electrons. The molecule has 1 saturated heterocycles. The van der Waals surface area contributed by atoms with Crippen molar-refractivity contribution in [1.29, 1.82) is 0 Å². The van der Waals surface area contributed by atoms with E-state index in [2.05, 4.69) is 23.7 Å². The summed E-state index contributed by atoms with van der Waals surface area (Å²) in [6.45, 7) is 6.36. The van der Waals surface area contributed by atoms with Crippen LogP contribution < -0.4 is 4.74 Å². The first-order valence-corrected chi connectivity index (χ1v) is 7.08. The van der Waals surface area contributed by atoms with Gasteiger partial charge in [0.1, 0.15) is 17.4 Å². The lowest BCUT2D eigenvalue weighted by Gasteiger charge is -2.34. The van der Waals surface area contributed by atoms with Gasteiger partial charge in [-0.15, -0.1) is 0 Å². The molecule has 1 fully saturated rings. The van der Waals surface area contributed by atoms with Crippen LogP contribution in [0, 0.1) is 5.82 Å². The average molecular weight is 278 g/mol. The topological polar surface area (TPSA) is 38.5 Å². The first-order valence-electron chi connectivity index (χ1n) is 7.08. The van der Waals surface area contributed by atoms with E-state index >= 15 is 0 Å². The molecule has 3 rings (SSSR count). The van der Waals surface area contributed by atoms with Crippen LogP contribution >= 0.6 is 0 Å². The van der Waals surface area contributed by atoms with Gasteiger partial charge in [-0.1, -0.05) is 0 Å². The van der Waals surface area contributed by atoms with Gasteiger partial charge in [0.2, 0.25) is 0 Å². The largest absolute Gasteiger partial charge is 0.445 e. The summed E-state index contributed by atoms with van der Waals surface area (Å²) in [5.74, 6) is -0.319. The van der Waals surface area contributed by atoms with Crippen LogP contribution in [0.5, 0.6) is 6.08 Å². The van der Waals surface area contributed by atoms with Crippen molar-refractivity contribution in [2.75, 3.05) is 13.1 Å². The fourth-order valence-corrected chi connectivity index (χ4v) is 2.60. The number of piperidine rings is 1. The van der Waals surface area contributed by atoms with E-state index in [1.165, 1.54) is 12.1 Å². The lowest BCUT2D eigenvalue weighted by molar-refractivity contribution is 0.0520. The molecule has 0 spiro atoms. The summed E-state index contributed by atoms with van der Waals surface area (Å²) in [6.07, 6.45) is 2.43. The Hall–Kier alpha value is -1.62. The number of aromatic nitrogens is 1. The van der Waals surface area contributed by atoms with E-state index in [0.29, 0.717) is 17.1 Å². The highest BCUT2D eigenvalue weighted by molar-refractivity contribution is 5.72. The molecule has 1 atom stereocenters. The number of ether oxygens (including phenoxy) is 1. The number of fused-ring (bicyclic) bond motifs is 1. The van der Waals surface area contributed by atoms with E-state index < -0.39 is 0 Å². The zero-order valence-electron chi connectivity index (χ0n) is 11.8. The summed E-state index contributed by atoms with van der Waals surface area (Å²) in [5.41, 5.74) is 1.05. The van der Waals surface area contributed by atoms with Crippen LogP contribution in [0.4, 0.5) is 4.39 Å². The van der Waals surface area contributed by atoms with Crippen LogP contribution in [-0.4, -0.2) is 35.1 Å². The van der Waals surface area contributed by atoms with Crippen molar-refractivity contribution in [1.82, 2.24) is 9.88 Å². The molecule has 4 nitrogen and oxygen atoms in total. The third-order valence-corrected chi connectivity index (χ3v) is 3.74. The molecule has 0 aliphatic carbocycles. The van der Waals surface area contributed by atoms with Gasteiger partial charge in [0.15, 0.2) is 5.58 Å². The van der Waals surface area contributed by atoms with Crippen molar-refractivity contribution in [2.24, 2.45) is 0 Å². The van der Waals surface area contributed by atoms with Gasteiger partial charge in [-0.05, 0) is 45.4 Å². The quantitative estimate of drug-likeness (QED) is 0.864. The molecule has 20 heavy (non-hydrogen) atoms. The van der Waals surface area contributed by atoms with Gasteiger partial charge in [0.05, 0.1) is 0 Å². The Morgan fingerprint density at radius 3 is 3.10 bits per heavy atom. The maximum atomic E-state index is 13.1. The predicted octanol–water partition coefficient (Wildman–Crippen LogP) is 3.22. The second-order valence-corrected chi connectivity index (χ2v) is 5.56. The van der Waals surface area contributed by atoms with E-state index in [9.17, 15) is 4.39 Å². The highest BCUT2D eigenvalue weighted by Gasteiger charge is 2.24. The van der Waals surface area contributed by atoms with Crippen LogP contribution in [0.25, 0.3) is 11.1 Å². The zero-order chi connectivity index (χ0) is 14.1. The number of nitrogens with zero attached hydrogens (tertiary/aromatic N) is 2. The lowest BCUT2D eigenvalue weighted by atomic mass is 10.1. The molecule has 1 aliphatic rings. The maximum absolute atomic E-state index is 13.1. The minimum absolute atomic E-state index is 0.0871. The predicted molar refractivity (Wildman–Crippen MR) is 74.3 cm³/mol. The summed E-state index contributed by atoms with van der Waals surface area (Å²) in [4.78, 5) is 6.58. The Bertz CT molecular complexity index is 597. The fourth-order valence-electron chi connectivity index (χ4n) is 2.60. The molecule has 1 aliphatic heterocycles. The Labute approximate surface area is 117 Å². The SMILES string of the molecule is CC(C)N1CCCC(Oc2nc3cc(F)ccc3o2)C1. The van der Waals surface area contributed by atoms with E-state index in [1.807, 2.05) is 0 Å². The summed E-state index contributed by atoms with van der Waals surface area (Å²) in [7, 11) is 0. The van der Waals surface area contributed by atoms with E-state index in [-0.39, 0.29) is 18.0 Å². The van der Waals surface area contributed by atoms with Crippen LogP contribution in [0.2, 0.25) is 0 Å². The van der Waals surface area contributed by atoms with Crippen molar-refractivity contribution in [3.63, 3.8) is 0 Å². The Morgan fingerprint density at radius 2 is 2.30 bits per heavy atom. The highest BCUT2D eigenvalue weighted by Crippen LogP contribution is 2.24. The lowest BCUT2D eigenvalue weighted by Crippen LogP contribution is -2.44. The number of hydrogen-bond acceptors (Lipinski definition) is 4. The fraction of sp³-hybridized carbons (Fsp3) is 0.533. The zero-order valence-corrected chi connectivity index (χ0v) is 11.8. The van der Waals surface area contributed by atoms with Crippen LogP contribution in [0.15, 0.2) is 22.6 Å². The van der Waals surface area contributed by atoms with Gasteiger partial charge < -0.3 is 9.15 Å². The molecule has 1 aromatic carbocycles. The number of oxazole rings is 1. The normalized spacial score (nSPS) is 20.7. The first-order chi connectivity index (χ1) is 9.61. The number of hydrogen-bond donors (Lipinski definition) is 0. The van der Waals surface area contributed by atoms with Gasteiger partial charge in [-0.3, -0.25) is 4.90 Å². The van der Waals surface area contributed by atoms with Crippen molar-refractivity contribution in [3.05, 3.63) is 24.0 Å². The number of benzene rings is 1. The second-order valence-electron chi connectivity index (χ2n) is 5.56. The molecular formula is C15H19FN2O2. The maximum Gasteiger partial charge on any atom is 0.394 e. The van der Waals surface area contributed by atoms with Gasteiger partial charge in [-0.2, -0.15) is 4.98 Å². The summed E-state index contributed by atoms with van der Waals surface area (Å²) in [6, 6.07) is 4.80. The second kappa shape index (κ2) is 5.40. The van der Waals surface area contributed by atoms with E-state index in [0.717, 1.165) is 25.9 Å². The van der Waals surface area contributed by atoms with Crippen LogP contribution in [0.1, 0.15) is 26.7 Å². The molecule has 0 amide bonds. The van der Waals surface area contributed by atoms with Crippen molar-refractivity contribution in [2.45, 2.75) is 38.8 Å². The summed E-state index contributed by atoms with van der Waals surface area (Å²) >= 11 is 0. The van der Waals surface area contributed by atoms with Gasteiger partial charge in [-0.25, -0.2) is 4.39 Å². The number of rotatable bonds is 3. The standard InChI is InChI=1S/C15H19FN2O2/c1-10(2)18-7-3-4-12(9-18)19-15-17-13-8-11(16)5-6-14(13)20-15/h5-6,8,10,12H,3-4,7,9H2,1-2H3. The van der Waals surface area contributed by atoms with Gasteiger partial charge in [0, 0.05) is 18.7 Å². The molecule has 2 aromatic rings. The summed E-state index contributed by atoms with van der Waals surface area (Å²) in [5, 5.41) is 0. The monoisotopic (exact) mass is 278 g/mol. The molecule has 1 unspecified atom stereocenters. The Balaban J connectivity index is 1.72. The number of halogens is 1. The highest BCUT2D eigenvalue weighted by atomic mass is 19.1. The number of likely N-dealkylation sites (tertiary alicyclic amines) is 1. The van der Waals surface area contributed by atoms with Gasteiger partial charge >= 0.3 is 6.08 Å². The van der Waals surface area contributed by atoms with Crippen molar-refractivity contribution in [3.8, 4) is 6.08 Å². The average Bonchev–Trinajstić information content (AvgIpc) is 2.80. The summed E-state index contributed by atoms with van der Waals surface area (Å²) < 4.78 is 24.4. The van der Waals surface area contributed by atoms with Crippen LogP contribution in [0.3, 0.4) is 0 Å². The minimum atomic E-state index is -0.319. The molecule has 0 radical (unpaired) electrons. The molecule has 0 bridgehead atoms. The minimum Gasteiger partial charge on any atom is -0.445 e. The smallest absolute Gasteiger partial charge is 0.394 e. The van der Waals surface area contributed by atoms with Gasteiger partial charge in [0.25, 0.3) is 0 Å². The molecule has 0 N–H and O–H groups in total. The van der Waals surface area contributed by atoms with Crippen LogP contribution in [-0.2, 0) is 0 Å². The molecule has 5 heteroatoms. The third kappa shape index (κ3) is 2.77. The molecule has 1 aromatic heterocycles. The Morgan fingerprint density at radius 1 is 1.45 bits per heavy atom. The van der Waals surface area contributed by atoms with Crippen molar-refractivity contribution < 1.29 is 13.5 Å². The first kappa shape index (κ1) is 13.4. The molecule has 0 saturated carbocycles. The Kier molecular flexibility index (Phi) is 3.61. The van der Waals surface area contributed by atoms with E-state index in [4.69, 9.17) is 9.15 Å². The molecule has 2 heterocycles.